The van der Waals surface area contributed by atoms with Gasteiger partial charge < -0.3 is 5.32 Å². The van der Waals surface area contributed by atoms with Crippen LogP contribution in [-0.2, 0) is 0 Å². The second kappa shape index (κ2) is 6.73. The molecule has 0 saturated heterocycles. The summed E-state index contributed by atoms with van der Waals surface area (Å²) in [6.45, 7) is 6.39. The monoisotopic (exact) mass is 314 g/mol. The van der Waals surface area contributed by atoms with Gasteiger partial charge in [-0.2, -0.15) is 0 Å². The molecule has 1 aromatic rings. The zero-order valence-electron chi connectivity index (χ0n) is 10.9. The number of anilines is 1. The average molecular weight is 315 g/mol. The number of hydrogen-bond donors (Lipinski definition) is 1. The van der Waals surface area contributed by atoms with Gasteiger partial charge in [-0.3, -0.25) is 10.1 Å². The highest BCUT2D eigenvalue weighted by atomic mass is 79.9. The van der Waals surface area contributed by atoms with Gasteiger partial charge >= 0.3 is 0 Å². The summed E-state index contributed by atoms with van der Waals surface area (Å²) in [6.07, 6.45) is 2.12. The predicted molar refractivity (Wildman–Crippen MR) is 78.0 cm³/mol. The highest BCUT2D eigenvalue weighted by Crippen LogP contribution is 2.29. The van der Waals surface area contributed by atoms with Crippen molar-refractivity contribution in [3.05, 3.63) is 32.8 Å². The molecular weight excluding hydrogens is 296 g/mol. The average Bonchev–Trinajstić information content (AvgIpc) is 2.30. The number of nitrogens with one attached hydrogen (secondary N) is 1. The van der Waals surface area contributed by atoms with Gasteiger partial charge in [0.05, 0.1) is 4.92 Å². The Morgan fingerprint density at radius 1 is 1.44 bits per heavy atom. The van der Waals surface area contributed by atoms with Gasteiger partial charge in [-0.1, -0.05) is 36.2 Å². The maximum Gasteiger partial charge on any atom is 0.293 e. The van der Waals surface area contributed by atoms with Crippen LogP contribution in [0.2, 0.25) is 0 Å². The standard InChI is InChI=1S/C13H19BrN2O2/c1-4-9(2)7-10(3)15-12-6-5-11(14)8-13(12)16(17)18/h5-6,8-10,15H,4,7H2,1-3H3. The Morgan fingerprint density at radius 3 is 2.67 bits per heavy atom. The Hall–Kier alpha value is -1.10. The van der Waals surface area contributed by atoms with Crippen molar-refractivity contribution in [1.29, 1.82) is 0 Å². The van der Waals surface area contributed by atoms with Crippen LogP contribution in [0.25, 0.3) is 0 Å². The molecule has 100 valence electrons. The molecule has 2 atom stereocenters. The summed E-state index contributed by atoms with van der Waals surface area (Å²) in [5.74, 6) is 0.613. The van der Waals surface area contributed by atoms with E-state index in [0.29, 0.717) is 16.1 Å². The van der Waals surface area contributed by atoms with Crippen LogP contribution in [0.1, 0.15) is 33.6 Å². The smallest absolute Gasteiger partial charge is 0.293 e. The maximum absolute atomic E-state index is 11.0. The number of hydrogen-bond acceptors (Lipinski definition) is 3. The van der Waals surface area contributed by atoms with Crippen molar-refractivity contribution in [3.63, 3.8) is 0 Å². The number of nitrogens with zero attached hydrogens (tertiary/aromatic N) is 1. The zero-order chi connectivity index (χ0) is 13.7. The van der Waals surface area contributed by atoms with Crippen LogP contribution in [0.4, 0.5) is 11.4 Å². The molecule has 0 spiro atoms. The lowest BCUT2D eigenvalue weighted by Crippen LogP contribution is -2.18. The fraction of sp³-hybridized carbons (Fsp3) is 0.538. The Balaban J connectivity index is 2.80. The van der Waals surface area contributed by atoms with E-state index in [2.05, 4.69) is 42.0 Å². The number of nitro groups is 1. The lowest BCUT2D eigenvalue weighted by molar-refractivity contribution is -0.384. The van der Waals surface area contributed by atoms with Crippen LogP contribution < -0.4 is 5.32 Å². The molecule has 0 bridgehead atoms. The summed E-state index contributed by atoms with van der Waals surface area (Å²) < 4.78 is 0.717. The molecule has 5 heteroatoms. The molecule has 1 N–H and O–H groups in total. The minimum Gasteiger partial charge on any atom is -0.377 e. The van der Waals surface area contributed by atoms with Crippen LogP contribution in [0, 0.1) is 16.0 Å². The van der Waals surface area contributed by atoms with Crippen LogP contribution in [-0.4, -0.2) is 11.0 Å². The molecule has 4 nitrogen and oxygen atoms in total. The van der Waals surface area contributed by atoms with E-state index < -0.39 is 0 Å². The molecule has 1 rings (SSSR count). The first kappa shape index (κ1) is 15.0. The second-order valence-corrected chi connectivity index (χ2v) is 5.63. The first-order valence-corrected chi connectivity index (χ1v) is 6.93. The third kappa shape index (κ3) is 4.29. The van der Waals surface area contributed by atoms with E-state index in [1.54, 1.807) is 6.07 Å². The van der Waals surface area contributed by atoms with E-state index in [9.17, 15) is 10.1 Å². The van der Waals surface area contributed by atoms with Crippen molar-refractivity contribution in [1.82, 2.24) is 0 Å². The van der Waals surface area contributed by atoms with Crippen LogP contribution >= 0.6 is 15.9 Å². The summed E-state index contributed by atoms with van der Waals surface area (Å²) in [6, 6.07) is 5.30. The third-order valence-electron chi connectivity index (χ3n) is 3.01. The summed E-state index contributed by atoms with van der Waals surface area (Å²) in [7, 11) is 0. The van der Waals surface area contributed by atoms with E-state index in [0.717, 1.165) is 12.8 Å². The summed E-state index contributed by atoms with van der Waals surface area (Å²) in [4.78, 5) is 10.6. The lowest BCUT2D eigenvalue weighted by atomic mass is 10.0. The molecule has 0 fully saturated rings. The molecule has 0 aromatic heterocycles. The summed E-state index contributed by atoms with van der Waals surface area (Å²) in [5.41, 5.74) is 0.694. The second-order valence-electron chi connectivity index (χ2n) is 4.71. The summed E-state index contributed by atoms with van der Waals surface area (Å²) in [5, 5.41) is 14.2. The molecule has 0 amide bonds. The maximum atomic E-state index is 11.0. The largest absolute Gasteiger partial charge is 0.377 e. The number of benzene rings is 1. The van der Waals surface area contributed by atoms with Gasteiger partial charge in [0.2, 0.25) is 0 Å². The molecule has 18 heavy (non-hydrogen) atoms. The van der Waals surface area contributed by atoms with E-state index >= 15 is 0 Å². The topological polar surface area (TPSA) is 55.2 Å². The van der Waals surface area contributed by atoms with Gasteiger partial charge in [0, 0.05) is 16.6 Å². The van der Waals surface area contributed by atoms with E-state index in [1.165, 1.54) is 6.07 Å². The van der Waals surface area contributed by atoms with Gasteiger partial charge in [-0.15, -0.1) is 0 Å². The van der Waals surface area contributed by atoms with Crippen molar-refractivity contribution in [2.45, 2.75) is 39.7 Å². The molecule has 2 unspecified atom stereocenters. The molecular formula is C13H19BrN2O2. The van der Waals surface area contributed by atoms with Crippen LogP contribution in [0.5, 0.6) is 0 Å². The van der Waals surface area contributed by atoms with Crippen molar-refractivity contribution in [2.75, 3.05) is 5.32 Å². The number of rotatable bonds is 6. The Bertz CT molecular complexity index is 423. The normalized spacial score (nSPS) is 14.0. The first-order chi connectivity index (χ1) is 8.43. The van der Waals surface area contributed by atoms with Gasteiger partial charge in [0.1, 0.15) is 5.69 Å². The molecule has 0 radical (unpaired) electrons. The van der Waals surface area contributed by atoms with Crippen LogP contribution in [0.3, 0.4) is 0 Å². The Kier molecular flexibility index (Phi) is 5.59. The van der Waals surface area contributed by atoms with E-state index in [1.807, 2.05) is 6.07 Å². The predicted octanol–water partition coefficient (Wildman–Crippen LogP) is 4.59. The first-order valence-electron chi connectivity index (χ1n) is 6.14. The van der Waals surface area contributed by atoms with E-state index in [-0.39, 0.29) is 16.7 Å². The minimum atomic E-state index is -0.358. The van der Waals surface area contributed by atoms with Crippen molar-refractivity contribution >= 4 is 27.3 Å². The Labute approximate surface area is 116 Å². The minimum absolute atomic E-state index is 0.111. The van der Waals surface area contributed by atoms with Crippen molar-refractivity contribution in [3.8, 4) is 0 Å². The lowest BCUT2D eigenvalue weighted by Gasteiger charge is -2.18. The summed E-state index contributed by atoms with van der Waals surface area (Å²) >= 11 is 3.25. The molecule has 0 aliphatic heterocycles. The van der Waals surface area contributed by atoms with Crippen molar-refractivity contribution in [2.24, 2.45) is 5.92 Å². The molecule has 0 aliphatic rings. The number of nitro benzene ring substituents is 1. The van der Waals surface area contributed by atoms with E-state index in [4.69, 9.17) is 0 Å². The quantitative estimate of drug-likeness (QED) is 0.617. The van der Waals surface area contributed by atoms with Gasteiger partial charge in [-0.25, -0.2) is 0 Å². The van der Waals surface area contributed by atoms with Crippen molar-refractivity contribution < 1.29 is 4.92 Å². The fourth-order valence-corrected chi connectivity index (χ4v) is 2.22. The zero-order valence-corrected chi connectivity index (χ0v) is 12.5. The van der Waals surface area contributed by atoms with Gasteiger partial charge in [0.25, 0.3) is 5.69 Å². The highest BCUT2D eigenvalue weighted by molar-refractivity contribution is 9.10. The number of halogens is 1. The SMILES string of the molecule is CCC(C)CC(C)Nc1ccc(Br)cc1[N+](=O)[O-]. The Morgan fingerprint density at radius 2 is 2.11 bits per heavy atom. The third-order valence-corrected chi connectivity index (χ3v) is 3.50. The highest BCUT2D eigenvalue weighted by Gasteiger charge is 2.16. The molecule has 1 aromatic carbocycles. The fourth-order valence-electron chi connectivity index (χ4n) is 1.87. The van der Waals surface area contributed by atoms with Gasteiger partial charge in [0.15, 0.2) is 0 Å². The molecule has 0 heterocycles. The molecule has 0 saturated carbocycles. The van der Waals surface area contributed by atoms with Crippen LogP contribution in [0.15, 0.2) is 22.7 Å². The van der Waals surface area contributed by atoms with Gasteiger partial charge in [-0.05, 0) is 31.4 Å². The molecule has 0 aliphatic carbocycles.